The summed E-state index contributed by atoms with van der Waals surface area (Å²) in [5.41, 5.74) is 3.76. The summed E-state index contributed by atoms with van der Waals surface area (Å²) in [7, 11) is 0. The maximum Gasteiger partial charge on any atom is 0.272 e. The Hall–Kier alpha value is -4.57. The Kier molecular flexibility index (Phi) is 9.86. The van der Waals surface area contributed by atoms with Crippen molar-refractivity contribution in [1.29, 1.82) is 0 Å². The van der Waals surface area contributed by atoms with Crippen LogP contribution in [0.3, 0.4) is 0 Å². The van der Waals surface area contributed by atoms with Crippen LogP contribution in [0.1, 0.15) is 11.4 Å². The average molecular weight is 684 g/mol. The normalized spacial score (nSPS) is 10.8. The molecule has 6 rings (SSSR count). The molecule has 0 spiro atoms. The van der Waals surface area contributed by atoms with Crippen molar-refractivity contribution in [2.24, 2.45) is 0 Å². The number of aryl methyl sites for hydroxylation is 2. The molecule has 0 saturated heterocycles. The minimum atomic E-state index is -0.809. The van der Waals surface area contributed by atoms with Gasteiger partial charge in [0.2, 0.25) is 0 Å². The molecule has 0 fully saturated rings. The van der Waals surface area contributed by atoms with Gasteiger partial charge in [-0.25, -0.2) is 22.7 Å². The third-order valence-electron chi connectivity index (χ3n) is 6.94. The van der Waals surface area contributed by atoms with E-state index in [0.29, 0.717) is 43.7 Å². The van der Waals surface area contributed by atoms with Gasteiger partial charge in [0, 0.05) is 50.0 Å². The van der Waals surface area contributed by atoms with Crippen LogP contribution >= 0.6 is 34.8 Å². The molecule has 2 aromatic heterocycles. The molecule has 4 aromatic carbocycles. The Morgan fingerprint density at radius 1 is 0.565 bits per heavy atom. The van der Waals surface area contributed by atoms with Crippen molar-refractivity contribution in [1.82, 2.24) is 20.4 Å². The highest BCUT2D eigenvalue weighted by molar-refractivity contribution is 6.33. The third kappa shape index (κ3) is 6.97. The molecule has 232 valence electrons. The van der Waals surface area contributed by atoms with Crippen molar-refractivity contribution in [3.63, 3.8) is 0 Å². The lowest BCUT2D eigenvalue weighted by Crippen LogP contribution is -2.15. The number of H-pyrrole nitrogens is 1. The maximum absolute atomic E-state index is 14.2. The van der Waals surface area contributed by atoms with Crippen LogP contribution in [-0.2, 0) is 0 Å². The van der Waals surface area contributed by atoms with Gasteiger partial charge in [-0.2, -0.15) is 10.2 Å². The molecule has 1 N–H and O–H groups in total. The summed E-state index contributed by atoms with van der Waals surface area (Å²) in [4.78, 5) is 12.3. The standard InChI is InChI=1S/C17H10Cl2F2N2.C17H11ClF2N2O/c1-9-15(10-2-4-11(18)5-3-10)16(17(19)23-22-9)13-7-6-12(20)8-14(13)21;1-9-15(10-2-4-11(18)5-3-10)16(17(23)22-21-9)13-7-6-12(19)8-14(13)20/h2-8H,1H3;2-8H,1H3,(H,22,23). The molecule has 0 amide bonds. The quantitative estimate of drug-likeness (QED) is 0.188. The number of benzene rings is 4. The van der Waals surface area contributed by atoms with Crippen molar-refractivity contribution >= 4 is 34.8 Å². The highest BCUT2D eigenvalue weighted by Gasteiger charge is 2.21. The predicted molar refractivity (Wildman–Crippen MR) is 173 cm³/mol. The van der Waals surface area contributed by atoms with Gasteiger partial charge in [-0.1, -0.05) is 59.1 Å². The van der Waals surface area contributed by atoms with E-state index in [9.17, 15) is 22.4 Å². The number of halogens is 7. The van der Waals surface area contributed by atoms with Gasteiger partial charge in [-0.3, -0.25) is 4.79 Å². The fourth-order valence-corrected chi connectivity index (χ4v) is 5.36. The zero-order chi connectivity index (χ0) is 33.1. The van der Waals surface area contributed by atoms with E-state index in [1.54, 1.807) is 62.4 Å². The monoisotopic (exact) mass is 682 g/mol. The second-order valence-corrected chi connectivity index (χ2v) is 11.2. The van der Waals surface area contributed by atoms with Gasteiger partial charge in [0.05, 0.1) is 17.0 Å². The summed E-state index contributed by atoms with van der Waals surface area (Å²) in [6, 6.07) is 20.2. The summed E-state index contributed by atoms with van der Waals surface area (Å²) in [5, 5.41) is 15.3. The molecule has 0 aliphatic heterocycles. The molecule has 0 atom stereocenters. The van der Waals surface area contributed by atoms with Crippen molar-refractivity contribution in [2.45, 2.75) is 13.8 Å². The first-order valence-corrected chi connectivity index (χ1v) is 14.6. The molecular formula is C34H21Cl3F4N4O. The summed E-state index contributed by atoms with van der Waals surface area (Å²) in [6.07, 6.45) is 0. The van der Waals surface area contributed by atoms with Crippen LogP contribution in [0.15, 0.2) is 89.7 Å². The maximum atomic E-state index is 14.2. The first kappa shape index (κ1) is 32.8. The molecule has 5 nitrogen and oxygen atoms in total. The second kappa shape index (κ2) is 13.8. The molecule has 0 aliphatic rings. The molecule has 0 unspecified atom stereocenters. The van der Waals surface area contributed by atoms with Crippen LogP contribution in [0.25, 0.3) is 44.5 Å². The van der Waals surface area contributed by atoms with Crippen molar-refractivity contribution < 1.29 is 17.6 Å². The van der Waals surface area contributed by atoms with Gasteiger partial charge in [0.15, 0.2) is 5.15 Å². The number of hydrogen-bond donors (Lipinski definition) is 1. The molecule has 0 radical (unpaired) electrons. The summed E-state index contributed by atoms with van der Waals surface area (Å²) in [6.45, 7) is 3.45. The summed E-state index contributed by atoms with van der Waals surface area (Å²) in [5.74, 6) is -2.89. The van der Waals surface area contributed by atoms with E-state index in [4.69, 9.17) is 34.8 Å². The van der Waals surface area contributed by atoms with Crippen molar-refractivity contribution in [3.05, 3.63) is 145 Å². The number of nitrogens with zero attached hydrogens (tertiary/aromatic N) is 3. The number of aromatic nitrogens is 4. The van der Waals surface area contributed by atoms with Gasteiger partial charge >= 0.3 is 0 Å². The van der Waals surface area contributed by atoms with Gasteiger partial charge < -0.3 is 0 Å². The molecule has 0 aliphatic carbocycles. The van der Waals surface area contributed by atoms with E-state index in [2.05, 4.69) is 20.4 Å². The van der Waals surface area contributed by atoms with Crippen molar-refractivity contribution in [2.75, 3.05) is 0 Å². The molecule has 12 heteroatoms. The zero-order valence-corrected chi connectivity index (χ0v) is 26.2. The Morgan fingerprint density at radius 3 is 1.50 bits per heavy atom. The van der Waals surface area contributed by atoms with Crippen LogP contribution in [-0.4, -0.2) is 20.4 Å². The molecule has 46 heavy (non-hydrogen) atoms. The average Bonchev–Trinajstić information content (AvgIpc) is 3.01. The smallest absolute Gasteiger partial charge is 0.267 e. The SMILES string of the molecule is Cc1n[nH]c(=O)c(-c2ccc(F)cc2F)c1-c1ccc(Cl)cc1.Cc1nnc(Cl)c(-c2ccc(F)cc2F)c1-c1ccc(Cl)cc1. The van der Waals surface area contributed by atoms with Crippen LogP contribution in [0.2, 0.25) is 15.2 Å². The summed E-state index contributed by atoms with van der Waals surface area (Å²) >= 11 is 18.0. The predicted octanol–water partition coefficient (Wildman–Crippen LogP) is 10.0. The fraction of sp³-hybridized carbons (Fsp3) is 0.0588. The highest BCUT2D eigenvalue weighted by Crippen LogP contribution is 2.39. The number of hydrogen-bond acceptors (Lipinski definition) is 4. The first-order chi connectivity index (χ1) is 21.9. The Bertz CT molecular complexity index is 2120. The zero-order valence-electron chi connectivity index (χ0n) is 24.0. The van der Waals surface area contributed by atoms with Gasteiger partial charge in [0.1, 0.15) is 23.3 Å². The first-order valence-electron chi connectivity index (χ1n) is 13.5. The van der Waals surface area contributed by atoms with Crippen LogP contribution in [0.4, 0.5) is 17.6 Å². The molecule has 0 saturated carbocycles. The van der Waals surface area contributed by atoms with Crippen LogP contribution in [0.5, 0.6) is 0 Å². The van der Waals surface area contributed by atoms with Crippen LogP contribution < -0.4 is 5.56 Å². The van der Waals surface area contributed by atoms with E-state index >= 15 is 0 Å². The molecule has 0 bridgehead atoms. The number of nitrogens with one attached hydrogen (secondary N) is 1. The lowest BCUT2D eigenvalue weighted by atomic mass is 9.94. The Balaban J connectivity index is 0.000000181. The van der Waals surface area contributed by atoms with E-state index < -0.39 is 28.8 Å². The third-order valence-corrected chi connectivity index (χ3v) is 7.71. The fourth-order valence-electron chi connectivity index (χ4n) is 4.87. The van der Waals surface area contributed by atoms with E-state index in [-0.39, 0.29) is 21.8 Å². The van der Waals surface area contributed by atoms with Gasteiger partial charge in [0.25, 0.3) is 5.56 Å². The van der Waals surface area contributed by atoms with Gasteiger partial charge in [-0.05, 0) is 73.5 Å². The Labute approximate surface area is 275 Å². The lowest BCUT2D eigenvalue weighted by Gasteiger charge is -2.14. The molecule has 2 heterocycles. The lowest BCUT2D eigenvalue weighted by molar-refractivity contribution is 0.584. The number of aromatic amines is 1. The second-order valence-electron chi connectivity index (χ2n) is 9.98. The van der Waals surface area contributed by atoms with E-state index in [0.717, 1.165) is 23.8 Å². The molecule has 6 aromatic rings. The minimum absolute atomic E-state index is 0.0168. The van der Waals surface area contributed by atoms with Crippen molar-refractivity contribution in [3.8, 4) is 44.5 Å². The largest absolute Gasteiger partial charge is 0.272 e. The summed E-state index contributed by atoms with van der Waals surface area (Å²) < 4.78 is 54.8. The Morgan fingerprint density at radius 2 is 1.02 bits per heavy atom. The molecular weight excluding hydrogens is 663 g/mol. The topological polar surface area (TPSA) is 71.5 Å². The van der Waals surface area contributed by atoms with Gasteiger partial charge in [-0.15, -0.1) is 5.10 Å². The van der Waals surface area contributed by atoms with E-state index in [1.807, 2.05) is 0 Å². The highest BCUT2D eigenvalue weighted by atomic mass is 35.5. The number of rotatable bonds is 4. The minimum Gasteiger partial charge on any atom is -0.267 e. The van der Waals surface area contributed by atoms with E-state index in [1.165, 1.54) is 18.2 Å². The van der Waals surface area contributed by atoms with Crippen LogP contribution in [0, 0.1) is 37.1 Å².